The summed E-state index contributed by atoms with van der Waals surface area (Å²) in [6, 6.07) is 0. The lowest BCUT2D eigenvalue weighted by atomic mass is 10.1. The van der Waals surface area contributed by atoms with E-state index in [9.17, 15) is 4.79 Å². The van der Waals surface area contributed by atoms with Gasteiger partial charge in [0.2, 0.25) is 0 Å². The number of thioether (sulfide) groups is 1. The lowest BCUT2D eigenvalue weighted by Gasteiger charge is -2.19. The van der Waals surface area contributed by atoms with E-state index in [1.165, 1.54) is 11.3 Å². The van der Waals surface area contributed by atoms with Crippen LogP contribution in [0.25, 0.3) is 0 Å². The minimum Gasteiger partial charge on any atom is -0.396 e. The zero-order chi connectivity index (χ0) is 16.0. The first-order valence-corrected chi connectivity index (χ1v) is 9.02. The number of nitrogens with one attached hydrogen (secondary N) is 1. The van der Waals surface area contributed by atoms with Crippen molar-refractivity contribution in [3.05, 3.63) is 17.5 Å². The van der Waals surface area contributed by atoms with Crippen molar-refractivity contribution in [3.8, 4) is 0 Å². The maximum Gasteiger partial charge on any atom is 0.263 e. The molecule has 0 aliphatic rings. The summed E-state index contributed by atoms with van der Waals surface area (Å²) >= 11 is 3.05. The van der Waals surface area contributed by atoms with Crippen molar-refractivity contribution >= 4 is 39.7 Å². The number of hydrogen-bond donors (Lipinski definition) is 2. The van der Waals surface area contributed by atoms with E-state index >= 15 is 0 Å². The molecule has 0 spiro atoms. The highest BCUT2D eigenvalue weighted by atomic mass is 32.2. The number of nitrogen functional groups attached to an aromatic ring is 1. The zero-order valence-corrected chi connectivity index (χ0v) is 14.9. The van der Waals surface area contributed by atoms with E-state index < -0.39 is 0 Å². The molecule has 21 heavy (non-hydrogen) atoms. The summed E-state index contributed by atoms with van der Waals surface area (Å²) < 4.78 is 0. The fourth-order valence-electron chi connectivity index (χ4n) is 1.83. The van der Waals surface area contributed by atoms with Crippen LogP contribution in [0.5, 0.6) is 0 Å². The second-order valence-electron chi connectivity index (χ2n) is 5.29. The molecule has 6 heteroatoms. The minimum absolute atomic E-state index is 0.129. The van der Waals surface area contributed by atoms with Crippen LogP contribution in [-0.2, 0) is 0 Å². The Balaban J connectivity index is 2.99. The van der Waals surface area contributed by atoms with Crippen LogP contribution < -0.4 is 16.0 Å². The standard InChI is InChI=1S/C15H25N3OS2/c1-6-8-17-14(19)12-11(16)13(20-5)15(21-12)18(4)9-7-10(2)3/h6,10H,1,7-9,16H2,2-5H3,(H,17,19). The predicted octanol–water partition coefficient (Wildman–Crippen LogP) is 3.45. The summed E-state index contributed by atoms with van der Waals surface area (Å²) in [5.74, 6) is 0.522. The van der Waals surface area contributed by atoms with Gasteiger partial charge in [0.05, 0.1) is 10.6 Å². The molecule has 0 bridgehead atoms. The molecule has 1 rings (SSSR count). The van der Waals surface area contributed by atoms with Gasteiger partial charge in [-0.25, -0.2) is 0 Å². The third kappa shape index (κ3) is 4.68. The first-order chi connectivity index (χ1) is 9.92. The second kappa shape index (κ2) is 8.34. The molecule has 0 saturated carbocycles. The van der Waals surface area contributed by atoms with Crippen LogP contribution in [0.3, 0.4) is 0 Å². The maximum absolute atomic E-state index is 12.1. The Morgan fingerprint density at radius 1 is 1.57 bits per heavy atom. The van der Waals surface area contributed by atoms with Gasteiger partial charge in [0, 0.05) is 20.1 Å². The van der Waals surface area contributed by atoms with E-state index in [2.05, 4.69) is 37.7 Å². The molecule has 1 aromatic rings. The summed E-state index contributed by atoms with van der Waals surface area (Å²) in [4.78, 5) is 15.9. The van der Waals surface area contributed by atoms with Crippen LogP contribution in [0.1, 0.15) is 29.9 Å². The van der Waals surface area contributed by atoms with Gasteiger partial charge in [-0.2, -0.15) is 0 Å². The minimum atomic E-state index is -0.129. The smallest absolute Gasteiger partial charge is 0.263 e. The van der Waals surface area contributed by atoms with Crippen LogP contribution in [0, 0.1) is 5.92 Å². The maximum atomic E-state index is 12.1. The number of rotatable bonds is 8. The predicted molar refractivity (Wildman–Crippen MR) is 95.8 cm³/mol. The third-order valence-electron chi connectivity index (χ3n) is 3.09. The molecule has 4 nitrogen and oxygen atoms in total. The normalized spacial score (nSPS) is 10.7. The van der Waals surface area contributed by atoms with E-state index in [0.717, 1.165) is 22.9 Å². The van der Waals surface area contributed by atoms with Crippen LogP contribution in [0.4, 0.5) is 10.7 Å². The largest absolute Gasteiger partial charge is 0.396 e. The summed E-state index contributed by atoms with van der Waals surface area (Å²) in [7, 11) is 2.05. The fourth-order valence-corrected chi connectivity index (χ4v) is 3.94. The SMILES string of the molecule is C=CCNC(=O)c1sc(N(C)CCC(C)C)c(SC)c1N. The third-order valence-corrected chi connectivity index (χ3v) is 5.36. The Bertz CT molecular complexity index is 497. The Morgan fingerprint density at radius 3 is 2.76 bits per heavy atom. The van der Waals surface area contributed by atoms with Crippen LogP contribution >= 0.6 is 23.1 Å². The summed E-state index contributed by atoms with van der Waals surface area (Å²) in [6.45, 7) is 9.42. The Labute approximate surface area is 135 Å². The Morgan fingerprint density at radius 2 is 2.24 bits per heavy atom. The number of anilines is 2. The first-order valence-electron chi connectivity index (χ1n) is 6.98. The van der Waals surface area contributed by atoms with Crippen molar-refractivity contribution in [1.82, 2.24) is 5.32 Å². The average molecular weight is 328 g/mol. The summed E-state index contributed by atoms with van der Waals surface area (Å²) in [5.41, 5.74) is 6.74. The number of nitrogens with zero attached hydrogens (tertiary/aromatic N) is 1. The zero-order valence-electron chi connectivity index (χ0n) is 13.2. The van der Waals surface area contributed by atoms with E-state index in [1.54, 1.807) is 17.8 Å². The summed E-state index contributed by atoms with van der Waals surface area (Å²) in [6.07, 6.45) is 4.76. The molecule has 0 atom stereocenters. The molecule has 0 aliphatic heterocycles. The number of hydrogen-bond acceptors (Lipinski definition) is 5. The number of carbonyl (C=O) groups is 1. The molecule has 0 fully saturated rings. The Kier molecular flexibility index (Phi) is 7.11. The molecule has 118 valence electrons. The van der Waals surface area contributed by atoms with E-state index in [0.29, 0.717) is 23.0 Å². The highest BCUT2D eigenvalue weighted by Crippen LogP contribution is 2.43. The first kappa shape index (κ1) is 17.9. The molecule has 1 amide bonds. The second-order valence-corrected chi connectivity index (χ2v) is 7.10. The van der Waals surface area contributed by atoms with Crippen molar-refractivity contribution in [3.63, 3.8) is 0 Å². The average Bonchev–Trinajstić information content (AvgIpc) is 2.79. The highest BCUT2D eigenvalue weighted by molar-refractivity contribution is 7.99. The van der Waals surface area contributed by atoms with Crippen molar-refractivity contribution in [1.29, 1.82) is 0 Å². The van der Waals surface area contributed by atoms with Crippen LogP contribution in [0.15, 0.2) is 17.6 Å². The van der Waals surface area contributed by atoms with Gasteiger partial charge < -0.3 is 16.0 Å². The van der Waals surface area contributed by atoms with Gasteiger partial charge in [-0.15, -0.1) is 29.7 Å². The van der Waals surface area contributed by atoms with Gasteiger partial charge in [0.15, 0.2) is 0 Å². The molecule has 0 saturated heterocycles. The van der Waals surface area contributed by atoms with Gasteiger partial charge in [-0.3, -0.25) is 4.79 Å². The van der Waals surface area contributed by atoms with Gasteiger partial charge >= 0.3 is 0 Å². The van der Waals surface area contributed by atoms with E-state index in [-0.39, 0.29) is 5.91 Å². The van der Waals surface area contributed by atoms with Gasteiger partial charge in [0.25, 0.3) is 5.91 Å². The van der Waals surface area contributed by atoms with Crippen LogP contribution in [0.2, 0.25) is 0 Å². The number of thiophene rings is 1. The number of nitrogens with two attached hydrogens (primary N) is 1. The molecule has 1 aromatic heterocycles. The van der Waals surface area contributed by atoms with Gasteiger partial charge in [-0.05, 0) is 18.6 Å². The topological polar surface area (TPSA) is 58.4 Å². The van der Waals surface area contributed by atoms with Crippen molar-refractivity contribution in [2.75, 3.05) is 37.0 Å². The fraction of sp³-hybridized carbons (Fsp3) is 0.533. The molecule has 0 radical (unpaired) electrons. The molecule has 1 heterocycles. The lowest BCUT2D eigenvalue weighted by molar-refractivity contribution is 0.0963. The monoisotopic (exact) mass is 327 g/mol. The van der Waals surface area contributed by atoms with Crippen molar-refractivity contribution in [2.24, 2.45) is 5.92 Å². The molecular weight excluding hydrogens is 302 g/mol. The Hall–Kier alpha value is -1.14. The summed E-state index contributed by atoms with van der Waals surface area (Å²) in [5, 5.41) is 3.86. The molecule has 0 unspecified atom stereocenters. The number of carbonyl (C=O) groups excluding carboxylic acids is 1. The van der Waals surface area contributed by atoms with E-state index in [4.69, 9.17) is 5.73 Å². The molecule has 3 N–H and O–H groups in total. The number of amides is 1. The molecule has 0 aliphatic carbocycles. The van der Waals surface area contributed by atoms with Crippen LogP contribution in [-0.4, -0.2) is 32.3 Å². The van der Waals surface area contributed by atoms with Crippen molar-refractivity contribution < 1.29 is 4.79 Å². The van der Waals surface area contributed by atoms with Gasteiger partial charge in [-0.1, -0.05) is 19.9 Å². The lowest BCUT2D eigenvalue weighted by Crippen LogP contribution is -2.23. The van der Waals surface area contributed by atoms with Gasteiger partial charge in [0.1, 0.15) is 9.88 Å². The quantitative estimate of drug-likeness (QED) is 0.567. The van der Waals surface area contributed by atoms with E-state index in [1.807, 2.05) is 6.26 Å². The molecule has 0 aromatic carbocycles. The highest BCUT2D eigenvalue weighted by Gasteiger charge is 2.22. The van der Waals surface area contributed by atoms with Crippen molar-refractivity contribution in [2.45, 2.75) is 25.2 Å². The molecular formula is C15H25N3OS2.